The van der Waals surface area contributed by atoms with E-state index in [1.165, 1.54) is 7.11 Å². The number of methoxy groups -OCH3 is 1. The molecule has 0 N–H and O–H groups in total. The van der Waals surface area contributed by atoms with Gasteiger partial charge in [0, 0.05) is 6.42 Å². The maximum Gasteiger partial charge on any atom is 0.341 e. The number of esters is 1. The third kappa shape index (κ3) is 8.65. The minimum Gasteiger partial charge on any atom is -0.469 e. The number of hydrogen-bond acceptors (Lipinski definition) is 2. The molecule has 0 fully saturated rings. The number of ether oxygens (including phenoxy) is 1. The van der Waals surface area contributed by atoms with Gasteiger partial charge in [0.2, 0.25) is 0 Å². The summed E-state index contributed by atoms with van der Waals surface area (Å²) in [4.78, 5) is 10.6. The van der Waals surface area contributed by atoms with E-state index in [9.17, 15) is 4.79 Å². The van der Waals surface area contributed by atoms with Crippen LogP contribution in [0.3, 0.4) is 0 Å². The molecule has 0 radical (unpaired) electrons. The van der Waals surface area contributed by atoms with Crippen LogP contribution in [0.1, 0.15) is 19.3 Å². The summed E-state index contributed by atoms with van der Waals surface area (Å²) >= 11 is 16.9. The number of halogens is 3. The van der Waals surface area contributed by atoms with Gasteiger partial charge in [-0.25, -0.2) is 0 Å². The smallest absolute Gasteiger partial charge is 0.341 e. The largest absolute Gasteiger partial charge is 0.469 e. The zero-order chi connectivity index (χ0) is 9.61. The highest BCUT2D eigenvalue weighted by Crippen LogP contribution is 2.27. The van der Waals surface area contributed by atoms with E-state index in [4.69, 9.17) is 33.2 Å². The average molecular weight is 250 g/mol. The Morgan fingerprint density at radius 3 is 2.33 bits per heavy atom. The normalized spacial score (nSPS) is 11.3. The van der Waals surface area contributed by atoms with E-state index in [0.29, 0.717) is 12.5 Å². The molecule has 0 spiro atoms. The lowest BCUT2D eigenvalue weighted by Crippen LogP contribution is -2.08. The lowest BCUT2D eigenvalue weighted by atomic mass is 10.2. The third-order valence-corrected chi connectivity index (χ3v) is 3.94. The molecule has 2 nitrogen and oxygen atoms in total. The number of hydrogen-bond donors (Lipinski definition) is 0. The Morgan fingerprint density at radius 1 is 1.33 bits per heavy atom. The Bertz CT molecular complexity index is 146. The first-order valence-electron chi connectivity index (χ1n) is 3.59. The number of unbranched alkanes of at least 4 members (excludes halogenated alkanes) is 1. The van der Waals surface area contributed by atoms with Crippen molar-refractivity contribution in [3.63, 3.8) is 0 Å². The first-order valence-corrected chi connectivity index (χ1v) is 8.83. The van der Waals surface area contributed by atoms with Crippen molar-refractivity contribution in [1.29, 1.82) is 0 Å². The minimum absolute atomic E-state index is 0.207. The molecule has 0 aromatic heterocycles. The number of carbonyl (C=O) groups excluding carboxylic acids is 1. The van der Waals surface area contributed by atoms with Crippen LogP contribution in [-0.2, 0) is 9.53 Å². The van der Waals surface area contributed by atoms with Gasteiger partial charge in [0.05, 0.1) is 7.11 Å². The van der Waals surface area contributed by atoms with Crippen molar-refractivity contribution in [3.05, 3.63) is 0 Å². The predicted molar refractivity (Wildman–Crippen MR) is 54.0 cm³/mol. The second-order valence-electron chi connectivity index (χ2n) is 2.40. The van der Waals surface area contributed by atoms with E-state index in [-0.39, 0.29) is 5.97 Å². The molecule has 0 rings (SSSR count). The Kier molecular flexibility index (Phi) is 6.36. The van der Waals surface area contributed by atoms with Gasteiger partial charge in [-0.15, -0.1) is 33.2 Å². The fraction of sp³-hybridized carbons (Fsp3) is 0.833. The Morgan fingerprint density at radius 2 is 1.92 bits per heavy atom. The van der Waals surface area contributed by atoms with Gasteiger partial charge >= 0.3 is 12.0 Å². The highest BCUT2D eigenvalue weighted by molar-refractivity contribution is 7.64. The molecular weight excluding hydrogens is 239 g/mol. The summed E-state index contributed by atoms with van der Waals surface area (Å²) < 4.78 is 4.46. The fourth-order valence-electron chi connectivity index (χ4n) is 0.697. The summed E-state index contributed by atoms with van der Waals surface area (Å²) in [5.41, 5.74) is 0. The van der Waals surface area contributed by atoms with Crippen molar-refractivity contribution < 1.29 is 9.53 Å². The van der Waals surface area contributed by atoms with Gasteiger partial charge in [0.1, 0.15) is 0 Å². The summed E-state index contributed by atoms with van der Waals surface area (Å²) in [5, 5.41) is 0. The van der Waals surface area contributed by atoms with Crippen LogP contribution in [0.4, 0.5) is 0 Å². The molecule has 0 aromatic rings. The van der Waals surface area contributed by atoms with Gasteiger partial charge in [-0.3, -0.25) is 4.79 Å². The molecule has 0 bridgehead atoms. The van der Waals surface area contributed by atoms with Gasteiger partial charge in [-0.05, 0) is 12.5 Å². The fourth-order valence-corrected chi connectivity index (χ4v) is 2.55. The summed E-state index contributed by atoms with van der Waals surface area (Å²) in [6, 6.07) is -1.87. The molecule has 0 saturated heterocycles. The van der Waals surface area contributed by atoms with Crippen molar-refractivity contribution in [2.45, 2.75) is 25.3 Å². The molecule has 0 heterocycles. The van der Waals surface area contributed by atoms with Gasteiger partial charge in [-0.1, -0.05) is 6.42 Å². The third-order valence-electron chi connectivity index (χ3n) is 1.32. The summed E-state index contributed by atoms with van der Waals surface area (Å²) in [5.74, 6) is -0.207. The molecule has 0 atom stereocenters. The van der Waals surface area contributed by atoms with E-state index in [1.54, 1.807) is 0 Å². The van der Waals surface area contributed by atoms with Crippen LogP contribution >= 0.6 is 33.2 Å². The standard InChI is InChI=1S/C6H11Cl3O2Si/c1-11-6(10)4-2-3-5-12(7,8)9/h2-5H2,1H3. The zero-order valence-corrected chi connectivity index (χ0v) is 10.0. The van der Waals surface area contributed by atoms with Crippen molar-refractivity contribution in [1.82, 2.24) is 0 Å². The second-order valence-corrected chi connectivity index (χ2v) is 11.7. The van der Waals surface area contributed by atoms with E-state index >= 15 is 0 Å². The first kappa shape index (κ1) is 12.6. The van der Waals surface area contributed by atoms with Crippen molar-refractivity contribution in [2.24, 2.45) is 0 Å². The summed E-state index contributed by atoms with van der Waals surface area (Å²) in [6.45, 7) is 0. The lowest BCUT2D eigenvalue weighted by Gasteiger charge is -2.05. The molecule has 6 heteroatoms. The lowest BCUT2D eigenvalue weighted by molar-refractivity contribution is -0.140. The average Bonchev–Trinajstić information content (AvgIpc) is 1.96. The Balaban J connectivity index is 3.28. The quantitative estimate of drug-likeness (QED) is 0.324. The molecular formula is C6H11Cl3O2Si. The number of rotatable bonds is 5. The molecule has 0 saturated carbocycles. The summed E-state index contributed by atoms with van der Waals surface area (Å²) in [6.07, 6.45) is 1.91. The number of carbonyl (C=O) groups is 1. The highest BCUT2D eigenvalue weighted by Gasteiger charge is 2.23. The van der Waals surface area contributed by atoms with Crippen LogP contribution in [0, 0.1) is 0 Å². The van der Waals surface area contributed by atoms with E-state index < -0.39 is 6.00 Å². The van der Waals surface area contributed by atoms with Gasteiger partial charge in [-0.2, -0.15) is 0 Å². The molecule has 0 aromatic carbocycles. The zero-order valence-electron chi connectivity index (χ0n) is 6.78. The van der Waals surface area contributed by atoms with Crippen molar-refractivity contribution in [2.75, 3.05) is 7.11 Å². The predicted octanol–water partition coefficient (Wildman–Crippen LogP) is 2.99. The van der Waals surface area contributed by atoms with Crippen LogP contribution < -0.4 is 0 Å². The molecule has 0 unspecified atom stereocenters. The van der Waals surface area contributed by atoms with E-state index in [1.807, 2.05) is 0 Å². The second kappa shape index (κ2) is 6.08. The maximum atomic E-state index is 10.6. The van der Waals surface area contributed by atoms with Gasteiger partial charge in [0.25, 0.3) is 0 Å². The topological polar surface area (TPSA) is 26.3 Å². The molecule has 0 aliphatic rings. The summed E-state index contributed by atoms with van der Waals surface area (Å²) in [7, 11) is 1.37. The Labute approximate surface area is 87.2 Å². The van der Waals surface area contributed by atoms with E-state index in [2.05, 4.69) is 4.74 Å². The first-order chi connectivity index (χ1) is 5.45. The molecule has 0 aliphatic carbocycles. The van der Waals surface area contributed by atoms with E-state index in [0.717, 1.165) is 12.8 Å². The van der Waals surface area contributed by atoms with Crippen molar-refractivity contribution >= 4 is 45.2 Å². The molecule has 0 aliphatic heterocycles. The molecule has 72 valence electrons. The Hall–Kier alpha value is 0.557. The van der Waals surface area contributed by atoms with Gasteiger partial charge in [0.15, 0.2) is 0 Å². The van der Waals surface area contributed by atoms with Crippen LogP contribution in [0.25, 0.3) is 0 Å². The monoisotopic (exact) mass is 248 g/mol. The highest BCUT2D eigenvalue weighted by atomic mass is 35.8. The van der Waals surface area contributed by atoms with Crippen LogP contribution in [0.5, 0.6) is 0 Å². The van der Waals surface area contributed by atoms with Crippen LogP contribution in [0.2, 0.25) is 6.04 Å². The van der Waals surface area contributed by atoms with Crippen LogP contribution in [0.15, 0.2) is 0 Å². The molecule has 12 heavy (non-hydrogen) atoms. The van der Waals surface area contributed by atoms with Crippen LogP contribution in [-0.4, -0.2) is 19.1 Å². The maximum absolute atomic E-state index is 10.6. The SMILES string of the molecule is COC(=O)CCCC[Si](Cl)(Cl)Cl. The van der Waals surface area contributed by atoms with Gasteiger partial charge < -0.3 is 4.74 Å². The van der Waals surface area contributed by atoms with Crippen molar-refractivity contribution in [3.8, 4) is 0 Å². The molecule has 0 amide bonds. The minimum atomic E-state index is -2.47.